The van der Waals surface area contributed by atoms with Crippen molar-refractivity contribution in [3.05, 3.63) is 61.6 Å². The minimum atomic E-state index is -1.27. The smallest absolute Gasteiger partial charge is 0.337 e. The molecular formula is C19H17Cl2N3O5. The van der Waals surface area contributed by atoms with Gasteiger partial charge in [-0.2, -0.15) is 0 Å². The van der Waals surface area contributed by atoms with Gasteiger partial charge in [-0.05, 0) is 43.5 Å². The molecule has 1 saturated heterocycles. The number of nitro benzene ring substituents is 1. The van der Waals surface area contributed by atoms with Crippen molar-refractivity contribution >= 4 is 52.1 Å². The summed E-state index contributed by atoms with van der Waals surface area (Å²) < 4.78 is 0. The molecule has 1 aliphatic heterocycles. The van der Waals surface area contributed by atoms with Gasteiger partial charge in [0.05, 0.1) is 26.2 Å². The van der Waals surface area contributed by atoms with Crippen LogP contribution < -0.4 is 10.2 Å². The second-order valence-corrected chi connectivity index (χ2v) is 7.39. The summed E-state index contributed by atoms with van der Waals surface area (Å²) in [6.45, 7) is 1.45. The Balaban J connectivity index is 1.90. The number of piperidine rings is 1. The van der Waals surface area contributed by atoms with E-state index in [0.29, 0.717) is 5.69 Å². The van der Waals surface area contributed by atoms with Crippen molar-refractivity contribution in [3.8, 4) is 0 Å². The van der Waals surface area contributed by atoms with E-state index >= 15 is 0 Å². The fraction of sp³-hybridized carbons (Fsp3) is 0.263. The lowest BCUT2D eigenvalue weighted by molar-refractivity contribution is -0.384. The molecular weight excluding hydrogens is 421 g/mol. The molecule has 0 unspecified atom stereocenters. The van der Waals surface area contributed by atoms with E-state index in [2.05, 4.69) is 5.32 Å². The van der Waals surface area contributed by atoms with Crippen LogP contribution in [-0.2, 0) is 0 Å². The van der Waals surface area contributed by atoms with Crippen LogP contribution in [0.2, 0.25) is 10.0 Å². The number of carboxylic acids is 1. The summed E-state index contributed by atoms with van der Waals surface area (Å²) in [5.74, 6) is -1.93. The first kappa shape index (κ1) is 20.9. The first-order valence-electron chi connectivity index (χ1n) is 8.85. The summed E-state index contributed by atoms with van der Waals surface area (Å²) in [7, 11) is 0. The summed E-state index contributed by atoms with van der Waals surface area (Å²) in [5, 5.41) is 23.2. The predicted octanol–water partition coefficient (Wildman–Crippen LogP) is 4.84. The Morgan fingerprint density at radius 2 is 1.76 bits per heavy atom. The normalized spacial score (nSPS) is 13.8. The van der Waals surface area contributed by atoms with Gasteiger partial charge in [-0.25, -0.2) is 4.79 Å². The zero-order chi connectivity index (χ0) is 21.1. The minimum Gasteiger partial charge on any atom is -0.478 e. The molecule has 0 spiro atoms. The van der Waals surface area contributed by atoms with Gasteiger partial charge in [0.25, 0.3) is 11.6 Å². The Morgan fingerprint density at radius 3 is 2.38 bits per heavy atom. The quantitative estimate of drug-likeness (QED) is 0.510. The number of rotatable bonds is 5. The first-order chi connectivity index (χ1) is 13.8. The first-order valence-corrected chi connectivity index (χ1v) is 9.60. The molecule has 0 atom stereocenters. The lowest BCUT2D eigenvalue weighted by Crippen LogP contribution is -2.30. The maximum Gasteiger partial charge on any atom is 0.337 e. The van der Waals surface area contributed by atoms with Crippen molar-refractivity contribution in [2.45, 2.75) is 19.3 Å². The number of hydrogen-bond donors (Lipinski definition) is 2. The number of nitrogens with zero attached hydrogens (tertiary/aromatic N) is 2. The van der Waals surface area contributed by atoms with Gasteiger partial charge in [-0.1, -0.05) is 23.2 Å². The highest BCUT2D eigenvalue weighted by atomic mass is 35.5. The van der Waals surface area contributed by atoms with Crippen LogP contribution in [0.15, 0.2) is 30.3 Å². The van der Waals surface area contributed by atoms with Gasteiger partial charge >= 0.3 is 5.97 Å². The highest BCUT2D eigenvalue weighted by Gasteiger charge is 2.23. The summed E-state index contributed by atoms with van der Waals surface area (Å²) in [5.41, 5.74) is 0.191. The molecule has 1 amide bonds. The van der Waals surface area contributed by atoms with E-state index in [1.54, 1.807) is 6.07 Å². The molecule has 0 saturated carbocycles. The number of anilines is 2. The highest BCUT2D eigenvalue weighted by molar-refractivity contribution is 6.38. The van der Waals surface area contributed by atoms with E-state index in [4.69, 9.17) is 28.3 Å². The Morgan fingerprint density at radius 1 is 1.07 bits per heavy atom. The highest BCUT2D eigenvalue weighted by Crippen LogP contribution is 2.33. The van der Waals surface area contributed by atoms with Crippen LogP contribution in [0, 0.1) is 10.1 Å². The van der Waals surface area contributed by atoms with E-state index < -0.39 is 16.8 Å². The number of nitrogens with one attached hydrogen (secondary N) is 1. The zero-order valence-electron chi connectivity index (χ0n) is 15.2. The Labute approximate surface area is 176 Å². The lowest BCUT2D eigenvalue weighted by atomic mass is 10.1. The van der Waals surface area contributed by atoms with Gasteiger partial charge in [-0.15, -0.1) is 0 Å². The molecule has 0 bridgehead atoms. The molecule has 10 heteroatoms. The molecule has 1 heterocycles. The number of carbonyl (C=O) groups excluding carboxylic acids is 1. The van der Waals surface area contributed by atoms with E-state index in [0.717, 1.165) is 38.4 Å². The molecule has 2 aromatic rings. The molecule has 0 aromatic heterocycles. The van der Waals surface area contributed by atoms with E-state index in [9.17, 15) is 19.7 Å². The molecule has 1 aliphatic rings. The van der Waals surface area contributed by atoms with Crippen molar-refractivity contribution in [2.24, 2.45) is 0 Å². The van der Waals surface area contributed by atoms with Gasteiger partial charge < -0.3 is 15.3 Å². The second-order valence-electron chi connectivity index (χ2n) is 6.58. The molecule has 2 N–H and O–H groups in total. The number of nitro groups is 1. The van der Waals surface area contributed by atoms with Crippen molar-refractivity contribution in [3.63, 3.8) is 0 Å². The number of hydrogen-bond acceptors (Lipinski definition) is 5. The van der Waals surface area contributed by atoms with Gasteiger partial charge in [0, 0.05) is 24.7 Å². The van der Waals surface area contributed by atoms with Gasteiger partial charge in [0.15, 0.2) is 0 Å². The predicted molar refractivity (Wildman–Crippen MR) is 111 cm³/mol. The number of carboxylic acid groups (broad SMARTS) is 1. The Hall–Kier alpha value is -2.84. The van der Waals surface area contributed by atoms with Crippen LogP contribution in [0.1, 0.15) is 40.0 Å². The number of carbonyl (C=O) groups is 2. The minimum absolute atomic E-state index is 0.0428. The number of aromatic carboxylic acids is 1. The number of benzene rings is 2. The maximum absolute atomic E-state index is 12.6. The lowest BCUT2D eigenvalue weighted by Gasteiger charge is -2.28. The van der Waals surface area contributed by atoms with E-state index in [1.807, 2.05) is 4.90 Å². The van der Waals surface area contributed by atoms with Gasteiger partial charge in [-0.3, -0.25) is 14.9 Å². The van der Waals surface area contributed by atoms with Gasteiger partial charge in [0.2, 0.25) is 0 Å². The summed E-state index contributed by atoms with van der Waals surface area (Å²) in [6, 6.07) is 6.62. The monoisotopic (exact) mass is 437 g/mol. The van der Waals surface area contributed by atoms with Crippen LogP contribution in [0.25, 0.3) is 0 Å². The standard InChI is InChI=1S/C19H17Cl2N3O5/c20-13-10-14(21)15(9-12(13)19(26)27)22-18(25)11-4-5-16(17(8-11)24(28)29)23-6-2-1-3-7-23/h4-5,8-10H,1-3,6-7H2,(H,22,25)(H,26,27). The van der Waals surface area contributed by atoms with Crippen LogP contribution in [0.5, 0.6) is 0 Å². The topological polar surface area (TPSA) is 113 Å². The number of amides is 1. The SMILES string of the molecule is O=C(Nc1cc(C(=O)O)c(Cl)cc1Cl)c1ccc(N2CCCCC2)c([N+](=O)[O-])c1. The Kier molecular flexibility index (Phi) is 6.24. The average Bonchev–Trinajstić information content (AvgIpc) is 2.69. The third-order valence-corrected chi connectivity index (χ3v) is 5.29. The molecule has 8 nitrogen and oxygen atoms in total. The van der Waals surface area contributed by atoms with Crippen LogP contribution in [0.4, 0.5) is 17.1 Å². The van der Waals surface area contributed by atoms with E-state index in [-0.39, 0.29) is 32.5 Å². The average molecular weight is 438 g/mol. The molecule has 2 aromatic carbocycles. The van der Waals surface area contributed by atoms with Crippen molar-refractivity contribution in [2.75, 3.05) is 23.3 Å². The molecule has 3 rings (SSSR count). The molecule has 1 fully saturated rings. The molecule has 0 aliphatic carbocycles. The van der Waals surface area contributed by atoms with E-state index in [1.165, 1.54) is 18.2 Å². The maximum atomic E-state index is 12.6. The zero-order valence-corrected chi connectivity index (χ0v) is 16.7. The summed E-state index contributed by atoms with van der Waals surface area (Å²) in [4.78, 5) is 36.8. The molecule has 152 valence electrons. The van der Waals surface area contributed by atoms with Gasteiger partial charge in [0.1, 0.15) is 5.69 Å². The Bertz CT molecular complexity index is 990. The fourth-order valence-electron chi connectivity index (χ4n) is 3.22. The second kappa shape index (κ2) is 8.67. The number of halogens is 2. The van der Waals surface area contributed by atoms with Crippen molar-refractivity contribution in [1.82, 2.24) is 0 Å². The van der Waals surface area contributed by atoms with Crippen LogP contribution in [-0.4, -0.2) is 35.0 Å². The third kappa shape index (κ3) is 4.60. The largest absolute Gasteiger partial charge is 0.478 e. The van der Waals surface area contributed by atoms with Crippen molar-refractivity contribution < 1.29 is 19.6 Å². The third-order valence-electron chi connectivity index (χ3n) is 4.67. The summed E-state index contributed by atoms with van der Waals surface area (Å²) in [6.07, 6.45) is 3.01. The molecule has 29 heavy (non-hydrogen) atoms. The van der Waals surface area contributed by atoms with Crippen LogP contribution in [0.3, 0.4) is 0 Å². The van der Waals surface area contributed by atoms with Crippen molar-refractivity contribution in [1.29, 1.82) is 0 Å². The summed E-state index contributed by atoms with van der Waals surface area (Å²) >= 11 is 11.9. The fourth-order valence-corrected chi connectivity index (χ4v) is 3.73. The van der Waals surface area contributed by atoms with Crippen LogP contribution >= 0.6 is 23.2 Å². The molecule has 0 radical (unpaired) electrons.